The van der Waals surface area contributed by atoms with E-state index < -0.39 is 0 Å². The van der Waals surface area contributed by atoms with Crippen molar-refractivity contribution < 1.29 is 4.39 Å². The lowest BCUT2D eigenvalue weighted by atomic mass is 9.95. The molecule has 0 aliphatic rings. The summed E-state index contributed by atoms with van der Waals surface area (Å²) in [5.74, 6) is -0.296. The summed E-state index contributed by atoms with van der Waals surface area (Å²) >= 11 is 0. The Hall–Kier alpha value is -2.94. The highest BCUT2D eigenvalue weighted by molar-refractivity contribution is 5.64. The van der Waals surface area contributed by atoms with Crippen LogP contribution in [0.5, 0.6) is 0 Å². The summed E-state index contributed by atoms with van der Waals surface area (Å²) < 4.78 is 16.7. The predicted octanol–water partition coefficient (Wildman–Crippen LogP) is 5.29. The summed E-state index contributed by atoms with van der Waals surface area (Å²) in [6.45, 7) is 1.99. The Morgan fingerprint density at radius 2 is 1.71 bits per heavy atom. The van der Waals surface area contributed by atoms with Crippen LogP contribution in [0, 0.1) is 5.82 Å². The van der Waals surface area contributed by atoms with Crippen molar-refractivity contribution in [2.45, 2.75) is 12.8 Å². The van der Waals surface area contributed by atoms with Gasteiger partial charge in [0.2, 0.25) is 0 Å². The molecule has 4 rings (SSSR count). The maximum absolute atomic E-state index is 14.7. The summed E-state index contributed by atoms with van der Waals surface area (Å²) in [5, 5.41) is 0. The molecule has 0 amide bonds. The Labute approximate surface area is 140 Å². The molecule has 1 atom stereocenters. The van der Waals surface area contributed by atoms with Gasteiger partial charge in [0.1, 0.15) is 11.5 Å². The first-order chi connectivity index (χ1) is 11.7. The van der Waals surface area contributed by atoms with Crippen LogP contribution >= 0.6 is 0 Å². The normalized spacial score (nSPS) is 12.4. The van der Waals surface area contributed by atoms with Crippen molar-refractivity contribution in [2.75, 3.05) is 0 Å². The van der Waals surface area contributed by atoms with Crippen molar-refractivity contribution in [3.63, 3.8) is 0 Å². The van der Waals surface area contributed by atoms with Crippen molar-refractivity contribution in [1.29, 1.82) is 0 Å². The first-order valence-corrected chi connectivity index (χ1v) is 8.01. The van der Waals surface area contributed by atoms with Crippen LogP contribution in [-0.2, 0) is 0 Å². The van der Waals surface area contributed by atoms with E-state index in [0.29, 0.717) is 5.56 Å². The standard InChI is InChI=1S/C21H17FN2/c1-15(20-14-24-12-6-5-9-21(24)23-20)18-11-10-17(13-19(18)22)16-7-3-2-4-8-16/h2-15H,1H3. The van der Waals surface area contributed by atoms with E-state index in [0.717, 1.165) is 22.5 Å². The molecule has 2 nitrogen and oxygen atoms in total. The zero-order valence-electron chi connectivity index (χ0n) is 13.4. The van der Waals surface area contributed by atoms with Gasteiger partial charge in [-0.25, -0.2) is 9.37 Å². The molecule has 0 aliphatic carbocycles. The molecule has 0 bridgehead atoms. The van der Waals surface area contributed by atoms with E-state index in [-0.39, 0.29) is 11.7 Å². The van der Waals surface area contributed by atoms with Gasteiger partial charge in [0.05, 0.1) is 5.69 Å². The molecule has 118 valence electrons. The number of nitrogens with zero attached hydrogens (tertiary/aromatic N) is 2. The van der Waals surface area contributed by atoms with Gasteiger partial charge in [0.25, 0.3) is 0 Å². The molecular weight excluding hydrogens is 299 g/mol. The molecule has 0 fully saturated rings. The Morgan fingerprint density at radius 3 is 2.46 bits per heavy atom. The van der Waals surface area contributed by atoms with Crippen LogP contribution in [0.3, 0.4) is 0 Å². The van der Waals surface area contributed by atoms with Gasteiger partial charge in [-0.15, -0.1) is 0 Å². The van der Waals surface area contributed by atoms with E-state index >= 15 is 0 Å². The molecule has 0 saturated carbocycles. The third-order valence-corrected chi connectivity index (χ3v) is 4.40. The Bertz CT molecular complexity index is 956. The third-order valence-electron chi connectivity index (χ3n) is 4.40. The minimum atomic E-state index is -0.194. The summed E-state index contributed by atoms with van der Waals surface area (Å²) in [7, 11) is 0. The number of rotatable bonds is 3. The number of halogens is 1. The minimum absolute atomic E-state index is 0.102. The highest BCUT2D eigenvalue weighted by Crippen LogP contribution is 2.29. The molecule has 0 aliphatic heterocycles. The molecule has 0 radical (unpaired) electrons. The van der Waals surface area contributed by atoms with E-state index in [2.05, 4.69) is 4.98 Å². The smallest absolute Gasteiger partial charge is 0.136 e. The fourth-order valence-electron chi connectivity index (χ4n) is 3.01. The second-order valence-electron chi connectivity index (χ2n) is 5.96. The van der Waals surface area contributed by atoms with Crippen LogP contribution in [0.25, 0.3) is 16.8 Å². The monoisotopic (exact) mass is 316 g/mol. The zero-order valence-corrected chi connectivity index (χ0v) is 13.4. The summed E-state index contributed by atoms with van der Waals surface area (Å²) in [6, 6.07) is 21.2. The summed E-state index contributed by atoms with van der Waals surface area (Å²) in [6.07, 6.45) is 3.91. The van der Waals surface area contributed by atoms with Gasteiger partial charge >= 0.3 is 0 Å². The Morgan fingerprint density at radius 1 is 0.917 bits per heavy atom. The molecule has 0 N–H and O–H groups in total. The van der Waals surface area contributed by atoms with Crippen LogP contribution in [0.15, 0.2) is 79.1 Å². The van der Waals surface area contributed by atoms with Gasteiger partial charge in [-0.2, -0.15) is 0 Å². The van der Waals surface area contributed by atoms with E-state index in [1.165, 1.54) is 0 Å². The van der Waals surface area contributed by atoms with Crippen LogP contribution in [0.2, 0.25) is 0 Å². The second kappa shape index (κ2) is 5.93. The van der Waals surface area contributed by atoms with Gasteiger partial charge in [-0.05, 0) is 34.9 Å². The van der Waals surface area contributed by atoms with Crippen LogP contribution in [0.1, 0.15) is 24.1 Å². The largest absolute Gasteiger partial charge is 0.307 e. The molecule has 3 heteroatoms. The first-order valence-electron chi connectivity index (χ1n) is 8.01. The van der Waals surface area contributed by atoms with E-state index in [4.69, 9.17) is 0 Å². The topological polar surface area (TPSA) is 17.3 Å². The third kappa shape index (κ3) is 2.58. The first kappa shape index (κ1) is 14.6. The maximum Gasteiger partial charge on any atom is 0.136 e. The van der Waals surface area contributed by atoms with Gasteiger partial charge in [-0.1, -0.05) is 55.5 Å². The molecule has 24 heavy (non-hydrogen) atoms. The molecule has 2 aromatic heterocycles. The lowest BCUT2D eigenvalue weighted by Gasteiger charge is -2.12. The van der Waals surface area contributed by atoms with Gasteiger partial charge in [0, 0.05) is 18.3 Å². The number of imidazole rings is 1. The van der Waals surface area contributed by atoms with Crippen molar-refractivity contribution >= 4 is 5.65 Å². The molecule has 0 saturated heterocycles. The molecular formula is C21H17FN2. The van der Waals surface area contributed by atoms with Gasteiger partial charge in [0.15, 0.2) is 0 Å². The summed E-state index contributed by atoms with van der Waals surface area (Å²) in [4.78, 5) is 4.61. The van der Waals surface area contributed by atoms with Crippen LogP contribution in [-0.4, -0.2) is 9.38 Å². The zero-order chi connectivity index (χ0) is 16.5. The number of fused-ring (bicyclic) bond motifs is 1. The SMILES string of the molecule is CC(c1cn2ccccc2n1)c1ccc(-c2ccccc2)cc1F. The van der Waals surface area contributed by atoms with Gasteiger partial charge < -0.3 is 4.40 Å². The van der Waals surface area contributed by atoms with Crippen molar-refractivity contribution in [1.82, 2.24) is 9.38 Å². The highest BCUT2D eigenvalue weighted by Gasteiger charge is 2.17. The highest BCUT2D eigenvalue weighted by atomic mass is 19.1. The van der Waals surface area contributed by atoms with Gasteiger partial charge in [-0.3, -0.25) is 0 Å². The van der Waals surface area contributed by atoms with E-state index in [9.17, 15) is 4.39 Å². The quantitative estimate of drug-likeness (QED) is 0.502. The number of benzene rings is 2. The second-order valence-corrected chi connectivity index (χ2v) is 5.96. The fraction of sp³-hybridized carbons (Fsp3) is 0.0952. The molecule has 4 aromatic rings. The number of hydrogen-bond donors (Lipinski definition) is 0. The number of pyridine rings is 1. The van der Waals surface area contributed by atoms with Crippen molar-refractivity contribution in [2.24, 2.45) is 0 Å². The van der Waals surface area contributed by atoms with Crippen molar-refractivity contribution in [3.8, 4) is 11.1 Å². The molecule has 0 spiro atoms. The average molecular weight is 316 g/mol. The maximum atomic E-state index is 14.7. The summed E-state index contributed by atoms with van der Waals surface area (Å²) in [5.41, 5.74) is 4.31. The molecule has 2 heterocycles. The average Bonchev–Trinajstić information content (AvgIpc) is 3.06. The van der Waals surface area contributed by atoms with E-state index in [1.54, 1.807) is 6.07 Å². The van der Waals surface area contributed by atoms with Crippen LogP contribution in [0.4, 0.5) is 4.39 Å². The fourth-order valence-corrected chi connectivity index (χ4v) is 3.01. The molecule has 2 aromatic carbocycles. The Balaban J connectivity index is 1.71. The van der Waals surface area contributed by atoms with Crippen molar-refractivity contribution in [3.05, 3.63) is 96.2 Å². The molecule has 1 unspecified atom stereocenters. The van der Waals surface area contributed by atoms with Crippen LogP contribution < -0.4 is 0 Å². The lowest BCUT2D eigenvalue weighted by Crippen LogP contribution is -2.00. The minimum Gasteiger partial charge on any atom is -0.307 e. The number of hydrogen-bond acceptors (Lipinski definition) is 1. The predicted molar refractivity (Wildman–Crippen MR) is 94.5 cm³/mol. The Kier molecular flexibility index (Phi) is 3.62. The number of aromatic nitrogens is 2. The van der Waals surface area contributed by atoms with E-state index in [1.807, 2.05) is 84.4 Å². The lowest BCUT2D eigenvalue weighted by molar-refractivity contribution is 0.602.